The minimum absolute atomic E-state index is 0.322. The minimum atomic E-state index is -0.582. The van der Waals surface area contributed by atoms with Gasteiger partial charge in [0.25, 0.3) is 0 Å². The predicted octanol–water partition coefficient (Wildman–Crippen LogP) is 2.03. The van der Waals surface area contributed by atoms with Gasteiger partial charge in [-0.2, -0.15) is 0 Å². The Morgan fingerprint density at radius 3 is 2.56 bits per heavy atom. The topological polar surface area (TPSA) is 47.0 Å². The SMILES string of the molecule is CN1CC[C@H]2CN(C3CCN(CCc4ccccc4)CC3)C[C@@]2(C(=O)O)C1. The molecule has 27 heavy (non-hydrogen) atoms. The summed E-state index contributed by atoms with van der Waals surface area (Å²) in [6.07, 6.45) is 4.49. The van der Waals surface area contributed by atoms with Gasteiger partial charge in [-0.15, -0.1) is 0 Å². The van der Waals surface area contributed by atoms with Gasteiger partial charge in [0.2, 0.25) is 0 Å². The molecule has 1 aromatic carbocycles. The maximum Gasteiger partial charge on any atom is 0.312 e. The molecule has 5 heteroatoms. The molecular formula is C22H33N3O2. The van der Waals surface area contributed by atoms with E-state index in [0.717, 1.165) is 52.1 Å². The molecule has 3 saturated heterocycles. The van der Waals surface area contributed by atoms with Crippen molar-refractivity contribution in [3.05, 3.63) is 35.9 Å². The van der Waals surface area contributed by atoms with E-state index in [1.807, 2.05) is 0 Å². The Labute approximate surface area is 162 Å². The molecule has 3 aliphatic heterocycles. The van der Waals surface area contributed by atoms with Gasteiger partial charge >= 0.3 is 5.97 Å². The Morgan fingerprint density at radius 2 is 1.85 bits per heavy atom. The molecule has 1 N–H and O–H groups in total. The van der Waals surface area contributed by atoms with Crippen molar-refractivity contribution < 1.29 is 9.90 Å². The molecule has 0 spiro atoms. The highest BCUT2D eigenvalue weighted by Gasteiger charge is 2.55. The maximum atomic E-state index is 12.1. The van der Waals surface area contributed by atoms with Crippen LogP contribution in [0.15, 0.2) is 30.3 Å². The maximum absolute atomic E-state index is 12.1. The first-order valence-corrected chi connectivity index (χ1v) is 10.5. The number of aliphatic carboxylic acids is 1. The molecule has 4 rings (SSSR count). The molecule has 0 unspecified atom stereocenters. The Hall–Kier alpha value is -1.43. The van der Waals surface area contributed by atoms with Crippen LogP contribution >= 0.6 is 0 Å². The van der Waals surface area contributed by atoms with Crippen molar-refractivity contribution in [2.45, 2.75) is 31.7 Å². The third-order valence-corrected chi connectivity index (χ3v) is 7.19. The third-order valence-electron chi connectivity index (χ3n) is 7.19. The van der Waals surface area contributed by atoms with Gasteiger partial charge in [0, 0.05) is 32.2 Å². The van der Waals surface area contributed by atoms with Crippen LogP contribution in [0.4, 0.5) is 0 Å². The number of fused-ring (bicyclic) bond motifs is 1. The van der Waals surface area contributed by atoms with E-state index < -0.39 is 11.4 Å². The van der Waals surface area contributed by atoms with Crippen molar-refractivity contribution in [2.24, 2.45) is 11.3 Å². The third kappa shape index (κ3) is 3.91. The van der Waals surface area contributed by atoms with Gasteiger partial charge < -0.3 is 14.9 Å². The fourth-order valence-electron chi connectivity index (χ4n) is 5.53. The van der Waals surface area contributed by atoms with Gasteiger partial charge in [0.15, 0.2) is 0 Å². The van der Waals surface area contributed by atoms with Crippen LogP contribution in [0.5, 0.6) is 0 Å². The minimum Gasteiger partial charge on any atom is -0.481 e. The highest BCUT2D eigenvalue weighted by atomic mass is 16.4. The molecular weight excluding hydrogens is 338 g/mol. The number of carboxylic acids is 1. The molecule has 3 heterocycles. The largest absolute Gasteiger partial charge is 0.481 e. The van der Waals surface area contributed by atoms with Crippen molar-refractivity contribution >= 4 is 5.97 Å². The molecule has 3 fully saturated rings. The van der Waals surface area contributed by atoms with Crippen LogP contribution in [-0.4, -0.2) is 84.7 Å². The number of carboxylic acid groups (broad SMARTS) is 1. The van der Waals surface area contributed by atoms with Gasteiger partial charge in [-0.25, -0.2) is 0 Å². The van der Waals surface area contributed by atoms with Gasteiger partial charge in [-0.05, 0) is 63.8 Å². The smallest absolute Gasteiger partial charge is 0.312 e. The van der Waals surface area contributed by atoms with Gasteiger partial charge in [0.1, 0.15) is 0 Å². The van der Waals surface area contributed by atoms with E-state index in [4.69, 9.17) is 0 Å². The molecule has 2 atom stereocenters. The molecule has 0 saturated carbocycles. The summed E-state index contributed by atoms with van der Waals surface area (Å²) in [4.78, 5) is 19.4. The summed E-state index contributed by atoms with van der Waals surface area (Å²) < 4.78 is 0. The lowest BCUT2D eigenvalue weighted by molar-refractivity contribution is -0.154. The van der Waals surface area contributed by atoms with Gasteiger partial charge in [0.05, 0.1) is 5.41 Å². The highest BCUT2D eigenvalue weighted by molar-refractivity contribution is 5.76. The zero-order valence-corrected chi connectivity index (χ0v) is 16.5. The lowest BCUT2D eigenvalue weighted by Gasteiger charge is -2.40. The number of carbonyl (C=O) groups is 1. The van der Waals surface area contributed by atoms with E-state index >= 15 is 0 Å². The van der Waals surface area contributed by atoms with Crippen LogP contribution in [0.25, 0.3) is 0 Å². The normalized spacial score (nSPS) is 31.1. The molecule has 0 radical (unpaired) electrons. The zero-order chi connectivity index (χ0) is 18.9. The predicted molar refractivity (Wildman–Crippen MR) is 107 cm³/mol. The standard InChI is InChI=1S/C22H33N3O2/c1-23-11-8-19-15-25(17-22(19,16-23)21(26)27)20-9-13-24(14-10-20)12-7-18-5-3-2-4-6-18/h2-6,19-20H,7-17H2,1H3,(H,26,27)/t19-,22-/m0/s1. The average molecular weight is 372 g/mol. The van der Waals surface area contributed by atoms with E-state index in [0.29, 0.717) is 18.5 Å². The summed E-state index contributed by atoms with van der Waals surface area (Å²) in [5.74, 6) is -0.260. The van der Waals surface area contributed by atoms with Gasteiger partial charge in [-0.1, -0.05) is 30.3 Å². The van der Waals surface area contributed by atoms with Crippen LogP contribution in [-0.2, 0) is 11.2 Å². The van der Waals surface area contributed by atoms with Gasteiger partial charge in [-0.3, -0.25) is 9.69 Å². The van der Waals surface area contributed by atoms with Crippen LogP contribution < -0.4 is 0 Å². The van der Waals surface area contributed by atoms with Crippen molar-refractivity contribution in [1.29, 1.82) is 0 Å². The Balaban J connectivity index is 1.30. The van der Waals surface area contributed by atoms with E-state index in [1.54, 1.807) is 0 Å². The highest BCUT2D eigenvalue weighted by Crippen LogP contribution is 2.43. The zero-order valence-electron chi connectivity index (χ0n) is 16.5. The second-order valence-corrected chi connectivity index (χ2v) is 8.92. The molecule has 3 aliphatic rings. The Kier molecular flexibility index (Phi) is 5.53. The first-order chi connectivity index (χ1) is 13.1. The molecule has 0 amide bonds. The first kappa shape index (κ1) is 18.9. The second kappa shape index (κ2) is 7.90. The number of piperidine rings is 2. The fraction of sp³-hybridized carbons (Fsp3) is 0.682. The van der Waals surface area contributed by atoms with Crippen molar-refractivity contribution in [3.63, 3.8) is 0 Å². The number of hydrogen-bond donors (Lipinski definition) is 1. The van der Waals surface area contributed by atoms with Crippen LogP contribution in [0.3, 0.4) is 0 Å². The lowest BCUT2D eigenvalue weighted by atomic mass is 9.73. The Morgan fingerprint density at radius 1 is 1.11 bits per heavy atom. The number of rotatable bonds is 5. The molecule has 0 aromatic heterocycles. The average Bonchev–Trinajstić information content (AvgIpc) is 3.08. The van der Waals surface area contributed by atoms with Crippen molar-refractivity contribution in [2.75, 3.05) is 52.9 Å². The van der Waals surface area contributed by atoms with Crippen molar-refractivity contribution in [1.82, 2.24) is 14.7 Å². The summed E-state index contributed by atoms with van der Waals surface area (Å²) in [5.41, 5.74) is 0.869. The fourth-order valence-corrected chi connectivity index (χ4v) is 5.53. The number of likely N-dealkylation sites (tertiary alicyclic amines) is 3. The summed E-state index contributed by atoms with van der Waals surface area (Å²) in [6, 6.07) is 11.3. The second-order valence-electron chi connectivity index (χ2n) is 8.92. The van der Waals surface area contributed by atoms with Crippen molar-refractivity contribution in [3.8, 4) is 0 Å². The summed E-state index contributed by atoms with van der Waals surface area (Å²) in [5, 5.41) is 9.99. The summed E-state index contributed by atoms with van der Waals surface area (Å²) in [7, 11) is 2.06. The summed E-state index contributed by atoms with van der Waals surface area (Å²) >= 11 is 0. The Bertz CT molecular complexity index is 644. The van der Waals surface area contributed by atoms with E-state index in [9.17, 15) is 9.90 Å². The molecule has 0 bridgehead atoms. The molecule has 1 aromatic rings. The van der Waals surface area contributed by atoms with Crippen LogP contribution in [0.2, 0.25) is 0 Å². The van der Waals surface area contributed by atoms with E-state index in [1.165, 1.54) is 18.4 Å². The first-order valence-electron chi connectivity index (χ1n) is 10.5. The monoisotopic (exact) mass is 371 g/mol. The van der Waals surface area contributed by atoms with E-state index in [-0.39, 0.29) is 0 Å². The number of benzene rings is 1. The molecule has 148 valence electrons. The molecule has 0 aliphatic carbocycles. The quantitative estimate of drug-likeness (QED) is 0.858. The molecule has 5 nitrogen and oxygen atoms in total. The van der Waals surface area contributed by atoms with E-state index in [2.05, 4.69) is 52.1 Å². The summed E-state index contributed by atoms with van der Waals surface area (Å²) in [6.45, 7) is 6.87. The number of hydrogen-bond acceptors (Lipinski definition) is 4. The lowest BCUT2D eigenvalue weighted by Crippen LogP contribution is -2.52. The van der Waals surface area contributed by atoms with Crippen LogP contribution in [0.1, 0.15) is 24.8 Å². The number of nitrogens with zero attached hydrogens (tertiary/aromatic N) is 3. The van der Waals surface area contributed by atoms with Crippen LogP contribution in [0, 0.1) is 11.3 Å².